The minimum Gasteiger partial charge on any atom is -0.497 e. The van der Waals surface area contributed by atoms with Crippen LogP contribution in [-0.4, -0.2) is 55.0 Å². The number of nitrogens with zero attached hydrogens (tertiary/aromatic N) is 2. The zero-order valence-electron chi connectivity index (χ0n) is 20.5. The van der Waals surface area contributed by atoms with Crippen LogP contribution in [0.1, 0.15) is 28.6 Å². The quantitative estimate of drug-likeness (QED) is 0.314. The Hall–Kier alpha value is -4.18. The van der Waals surface area contributed by atoms with Crippen LogP contribution in [0.25, 0.3) is 0 Å². The van der Waals surface area contributed by atoms with Crippen molar-refractivity contribution in [2.45, 2.75) is 25.8 Å². The first kappa shape index (κ1) is 25.9. The first-order chi connectivity index (χ1) is 17.9. The third kappa shape index (κ3) is 5.97. The van der Waals surface area contributed by atoms with Crippen molar-refractivity contribution in [1.82, 2.24) is 4.90 Å². The van der Waals surface area contributed by atoms with Crippen molar-refractivity contribution in [3.05, 3.63) is 76.5 Å². The Balaban J connectivity index is 1.50. The molecule has 0 bridgehead atoms. The largest absolute Gasteiger partial charge is 0.497 e. The van der Waals surface area contributed by atoms with Gasteiger partial charge in [0.15, 0.2) is 0 Å². The van der Waals surface area contributed by atoms with E-state index >= 15 is 0 Å². The molecule has 1 N–H and O–H groups in total. The fraction of sp³-hybridized carbons (Fsp3) is 0.259. The SMILES string of the molecule is CCOC(=O)c1ccc(NC(=O)C[C@@H]2C(=O)N(c3ccc(OC)cc3)C(=O)N2CCc2cccs2)cc1. The maximum atomic E-state index is 13.4. The van der Waals surface area contributed by atoms with Gasteiger partial charge in [0.05, 0.1) is 31.4 Å². The Morgan fingerprint density at radius 3 is 2.38 bits per heavy atom. The molecule has 1 aliphatic heterocycles. The summed E-state index contributed by atoms with van der Waals surface area (Å²) in [5, 5.41) is 4.70. The van der Waals surface area contributed by atoms with E-state index in [0.29, 0.717) is 35.7 Å². The van der Waals surface area contributed by atoms with Gasteiger partial charge in [-0.25, -0.2) is 14.5 Å². The van der Waals surface area contributed by atoms with Crippen LogP contribution in [0, 0.1) is 0 Å². The number of esters is 1. The summed E-state index contributed by atoms with van der Waals surface area (Å²) >= 11 is 1.57. The number of methoxy groups -OCH3 is 1. The highest BCUT2D eigenvalue weighted by Gasteiger charge is 2.46. The minimum absolute atomic E-state index is 0.207. The summed E-state index contributed by atoms with van der Waals surface area (Å²) in [5.41, 5.74) is 1.24. The molecule has 1 saturated heterocycles. The second-order valence-corrected chi connectivity index (χ2v) is 9.28. The van der Waals surface area contributed by atoms with Gasteiger partial charge >= 0.3 is 12.0 Å². The zero-order valence-corrected chi connectivity index (χ0v) is 21.3. The Morgan fingerprint density at radius 2 is 1.76 bits per heavy atom. The van der Waals surface area contributed by atoms with Gasteiger partial charge in [0, 0.05) is 17.1 Å². The molecule has 0 unspecified atom stereocenters. The maximum absolute atomic E-state index is 13.4. The van der Waals surface area contributed by atoms with E-state index in [1.165, 1.54) is 12.0 Å². The third-order valence-corrected chi connectivity index (χ3v) is 6.82. The molecule has 9 nitrogen and oxygen atoms in total. The van der Waals surface area contributed by atoms with E-state index in [-0.39, 0.29) is 13.0 Å². The second-order valence-electron chi connectivity index (χ2n) is 8.24. The monoisotopic (exact) mass is 521 g/mol. The lowest BCUT2D eigenvalue weighted by Crippen LogP contribution is -2.39. The standard InChI is InChI=1S/C27H27N3O6S/c1-3-36-26(33)18-6-8-19(9-7-18)28-24(31)17-23-25(32)30(20-10-12-21(35-2)13-11-20)27(34)29(23)15-14-22-5-4-16-37-22/h4-13,16,23H,3,14-15,17H2,1-2H3,(H,28,31)/t23-/m1/s1. The number of amides is 4. The Morgan fingerprint density at radius 1 is 1.03 bits per heavy atom. The predicted octanol–water partition coefficient (Wildman–Crippen LogP) is 4.34. The van der Waals surface area contributed by atoms with Crippen LogP contribution in [0.2, 0.25) is 0 Å². The first-order valence-corrected chi connectivity index (χ1v) is 12.7. The molecule has 192 valence electrons. The summed E-state index contributed by atoms with van der Waals surface area (Å²) < 4.78 is 10.1. The van der Waals surface area contributed by atoms with Gasteiger partial charge in [0.1, 0.15) is 11.8 Å². The van der Waals surface area contributed by atoms with Crippen LogP contribution in [0.3, 0.4) is 0 Å². The first-order valence-electron chi connectivity index (χ1n) is 11.8. The van der Waals surface area contributed by atoms with E-state index in [2.05, 4.69) is 5.32 Å². The lowest BCUT2D eigenvalue weighted by molar-refractivity contribution is -0.124. The van der Waals surface area contributed by atoms with Gasteiger partial charge in [-0.05, 0) is 73.3 Å². The Bertz CT molecular complexity index is 1260. The van der Waals surface area contributed by atoms with Crippen LogP contribution >= 0.6 is 11.3 Å². The number of anilines is 2. The number of imide groups is 1. The molecule has 0 aliphatic carbocycles. The molecule has 0 saturated carbocycles. The molecule has 4 rings (SSSR count). The van der Waals surface area contributed by atoms with Gasteiger partial charge in [-0.1, -0.05) is 6.07 Å². The number of ether oxygens (including phenoxy) is 2. The average Bonchev–Trinajstić information content (AvgIpc) is 3.50. The van der Waals surface area contributed by atoms with Gasteiger partial charge in [-0.15, -0.1) is 11.3 Å². The summed E-state index contributed by atoms with van der Waals surface area (Å²) in [7, 11) is 1.53. The Labute approximate surface area is 218 Å². The molecular weight excluding hydrogens is 494 g/mol. The van der Waals surface area contributed by atoms with Gasteiger partial charge < -0.3 is 19.7 Å². The molecule has 2 aromatic carbocycles. The number of rotatable bonds is 10. The van der Waals surface area contributed by atoms with Gasteiger partial charge in [-0.2, -0.15) is 0 Å². The van der Waals surface area contributed by atoms with Crippen LogP contribution in [-0.2, 0) is 20.7 Å². The third-order valence-electron chi connectivity index (χ3n) is 5.89. The van der Waals surface area contributed by atoms with Crippen molar-refractivity contribution >= 4 is 46.5 Å². The van der Waals surface area contributed by atoms with Gasteiger partial charge in [-0.3, -0.25) is 9.59 Å². The number of benzene rings is 2. The molecule has 1 fully saturated rings. The highest BCUT2D eigenvalue weighted by atomic mass is 32.1. The normalized spacial score (nSPS) is 15.1. The number of hydrogen-bond acceptors (Lipinski definition) is 7. The molecule has 0 radical (unpaired) electrons. The van der Waals surface area contributed by atoms with E-state index < -0.39 is 29.9 Å². The van der Waals surface area contributed by atoms with Crippen molar-refractivity contribution in [2.24, 2.45) is 0 Å². The van der Waals surface area contributed by atoms with Gasteiger partial charge in [0.25, 0.3) is 5.91 Å². The number of hydrogen-bond donors (Lipinski definition) is 1. The van der Waals surface area contributed by atoms with Crippen LogP contribution in [0.4, 0.5) is 16.2 Å². The maximum Gasteiger partial charge on any atom is 0.338 e. The fourth-order valence-electron chi connectivity index (χ4n) is 4.03. The molecule has 2 heterocycles. The summed E-state index contributed by atoms with van der Waals surface area (Å²) in [6.07, 6.45) is 0.363. The molecule has 0 spiro atoms. The summed E-state index contributed by atoms with van der Waals surface area (Å²) in [4.78, 5) is 55.2. The topological polar surface area (TPSA) is 105 Å². The predicted molar refractivity (Wildman–Crippen MR) is 140 cm³/mol. The smallest absolute Gasteiger partial charge is 0.338 e. The lowest BCUT2D eigenvalue weighted by Gasteiger charge is -2.21. The molecule has 1 aliphatic rings. The van der Waals surface area contributed by atoms with E-state index in [1.807, 2.05) is 17.5 Å². The Kier molecular flexibility index (Phi) is 8.19. The number of thiophene rings is 1. The van der Waals surface area contributed by atoms with Crippen molar-refractivity contribution in [2.75, 3.05) is 30.5 Å². The molecular formula is C27H27N3O6S. The van der Waals surface area contributed by atoms with E-state index in [4.69, 9.17) is 9.47 Å². The molecule has 37 heavy (non-hydrogen) atoms. The minimum atomic E-state index is -0.951. The summed E-state index contributed by atoms with van der Waals surface area (Å²) in [6.45, 7) is 2.28. The highest BCUT2D eigenvalue weighted by molar-refractivity contribution is 7.09. The number of nitrogens with one attached hydrogen (secondary N) is 1. The van der Waals surface area contributed by atoms with Crippen LogP contribution in [0.15, 0.2) is 66.0 Å². The van der Waals surface area contributed by atoms with Crippen LogP contribution < -0.4 is 15.0 Å². The van der Waals surface area contributed by atoms with Crippen molar-refractivity contribution in [1.29, 1.82) is 0 Å². The summed E-state index contributed by atoms with van der Waals surface area (Å²) in [6, 6.07) is 15.4. The zero-order chi connectivity index (χ0) is 26.4. The van der Waals surface area contributed by atoms with E-state index in [1.54, 1.807) is 66.8 Å². The van der Waals surface area contributed by atoms with Crippen molar-refractivity contribution in [3.8, 4) is 5.75 Å². The second kappa shape index (κ2) is 11.7. The van der Waals surface area contributed by atoms with Crippen molar-refractivity contribution in [3.63, 3.8) is 0 Å². The highest BCUT2D eigenvalue weighted by Crippen LogP contribution is 2.29. The van der Waals surface area contributed by atoms with Crippen molar-refractivity contribution < 1.29 is 28.7 Å². The fourth-order valence-corrected chi connectivity index (χ4v) is 4.73. The van der Waals surface area contributed by atoms with Gasteiger partial charge in [0.2, 0.25) is 5.91 Å². The summed E-state index contributed by atoms with van der Waals surface area (Å²) in [5.74, 6) is -0.736. The van der Waals surface area contributed by atoms with E-state index in [9.17, 15) is 19.2 Å². The lowest BCUT2D eigenvalue weighted by atomic mass is 10.1. The molecule has 10 heteroatoms. The molecule has 3 aromatic rings. The average molecular weight is 522 g/mol. The number of urea groups is 1. The molecule has 1 atom stereocenters. The molecule has 1 aromatic heterocycles. The van der Waals surface area contributed by atoms with Crippen LogP contribution in [0.5, 0.6) is 5.75 Å². The van der Waals surface area contributed by atoms with E-state index in [0.717, 1.165) is 9.78 Å². The number of carbonyl (C=O) groups excluding carboxylic acids is 4. The molecule has 4 amide bonds. The number of carbonyl (C=O) groups is 4.